The van der Waals surface area contributed by atoms with E-state index in [-0.39, 0.29) is 5.82 Å². The summed E-state index contributed by atoms with van der Waals surface area (Å²) in [6.45, 7) is 0.607. The molecule has 1 aromatic carbocycles. The van der Waals surface area contributed by atoms with Gasteiger partial charge in [-0.2, -0.15) is 11.3 Å². The van der Waals surface area contributed by atoms with Crippen LogP contribution in [0, 0.1) is 5.82 Å². The Kier molecular flexibility index (Phi) is 4.29. The first-order valence-electron chi connectivity index (χ1n) is 5.76. The average Bonchev–Trinajstić information content (AvgIpc) is 2.85. The van der Waals surface area contributed by atoms with Gasteiger partial charge in [0.25, 0.3) is 0 Å². The van der Waals surface area contributed by atoms with Gasteiger partial charge in [-0.1, -0.05) is 12.1 Å². The smallest absolute Gasteiger partial charge is 0.123 e. The molecular weight excluding hydrogens is 233 g/mol. The third kappa shape index (κ3) is 3.38. The van der Waals surface area contributed by atoms with Crippen molar-refractivity contribution in [1.82, 2.24) is 0 Å². The molecule has 17 heavy (non-hydrogen) atoms. The van der Waals surface area contributed by atoms with Gasteiger partial charge in [-0.15, -0.1) is 0 Å². The molecule has 2 aromatic rings. The molecule has 0 saturated heterocycles. The van der Waals surface area contributed by atoms with E-state index in [1.807, 2.05) is 12.1 Å². The number of aryl methyl sites for hydroxylation is 1. The predicted molar refractivity (Wildman–Crippen MR) is 70.8 cm³/mol. The molecule has 0 spiro atoms. The standard InChI is InChI=1S/C14H16FNS/c15-14-5-3-12(4-6-14)13(9-16)2-1-11-7-8-17-10-11/h3-8,10,13H,1-2,9,16H2. The van der Waals surface area contributed by atoms with Gasteiger partial charge in [-0.05, 0) is 65.4 Å². The van der Waals surface area contributed by atoms with Gasteiger partial charge in [0.15, 0.2) is 0 Å². The van der Waals surface area contributed by atoms with Crippen molar-refractivity contribution >= 4 is 11.3 Å². The molecule has 1 atom stereocenters. The molecule has 0 aliphatic heterocycles. The quantitative estimate of drug-likeness (QED) is 0.861. The maximum Gasteiger partial charge on any atom is 0.123 e. The van der Waals surface area contributed by atoms with E-state index < -0.39 is 0 Å². The number of halogens is 1. The van der Waals surface area contributed by atoms with Crippen molar-refractivity contribution in [3.05, 3.63) is 58.0 Å². The van der Waals surface area contributed by atoms with E-state index in [0.717, 1.165) is 18.4 Å². The minimum absolute atomic E-state index is 0.192. The number of benzene rings is 1. The third-order valence-corrected chi connectivity index (χ3v) is 3.72. The molecule has 0 aliphatic carbocycles. The highest BCUT2D eigenvalue weighted by Gasteiger charge is 2.10. The number of thiophene rings is 1. The average molecular weight is 249 g/mol. The Balaban J connectivity index is 1.99. The molecule has 0 radical (unpaired) electrons. The molecule has 1 aromatic heterocycles. The molecule has 0 fully saturated rings. The first-order valence-corrected chi connectivity index (χ1v) is 6.70. The lowest BCUT2D eigenvalue weighted by Gasteiger charge is -2.14. The second-order valence-corrected chi connectivity index (χ2v) is 4.93. The van der Waals surface area contributed by atoms with E-state index in [2.05, 4.69) is 16.8 Å². The van der Waals surface area contributed by atoms with E-state index in [0.29, 0.717) is 12.5 Å². The van der Waals surface area contributed by atoms with Crippen molar-refractivity contribution in [2.75, 3.05) is 6.54 Å². The monoisotopic (exact) mass is 249 g/mol. The number of hydrogen-bond acceptors (Lipinski definition) is 2. The Morgan fingerprint density at radius 1 is 1.18 bits per heavy atom. The molecular formula is C14H16FNS. The fourth-order valence-electron chi connectivity index (χ4n) is 1.93. The molecule has 2 N–H and O–H groups in total. The SMILES string of the molecule is NCC(CCc1ccsc1)c1ccc(F)cc1. The van der Waals surface area contributed by atoms with Crippen LogP contribution in [0.1, 0.15) is 23.5 Å². The van der Waals surface area contributed by atoms with E-state index in [1.54, 1.807) is 11.3 Å². The van der Waals surface area contributed by atoms with Gasteiger partial charge in [0, 0.05) is 0 Å². The lowest BCUT2D eigenvalue weighted by molar-refractivity contribution is 0.614. The van der Waals surface area contributed by atoms with Gasteiger partial charge in [-0.3, -0.25) is 0 Å². The van der Waals surface area contributed by atoms with Gasteiger partial charge >= 0.3 is 0 Å². The van der Waals surface area contributed by atoms with Crippen LogP contribution in [-0.4, -0.2) is 6.54 Å². The summed E-state index contributed by atoms with van der Waals surface area (Å²) in [6.07, 6.45) is 2.04. The van der Waals surface area contributed by atoms with Crippen molar-refractivity contribution < 1.29 is 4.39 Å². The Morgan fingerprint density at radius 3 is 2.53 bits per heavy atom. The molecule has 0 bridgehead atoms. The molecule has 0 aliphatic rings. The Labute approximate surface area is 105 Å². The van der Waals surface area contributed by atoms with Gasteiger partial charge in [-0.25, -0.2) is 4.39 Å². The topological polar surface area (TPSA) is 26.0 Å². The van der Waals surface area contributed by atoms with Crippen molar-refractivity contribution in [2.45, 2.75) is 18.8 Å². The molecule has 0 amide bonds. The summed E-state index contributed by atoms with van der Waals surface area (Å²) in [6, 6.07) is 8.81. The van der Waals surface area contributed by atoms with Gasteiger partial charge < -0.3 is 5.73 Å². The number of nitrogens with two attached hydrogens (primary N) is 1. The molecule has 1 nitrogen and oxygen atoms in total. The van der Waals surface area contributed by atoms with Gasteiger partial charge in [0.1, 0.15) is 5.82 Å². The van der Waals surface area contributed by atoms with Crippen LogP contribution in [0.25, 0.3) is 0 Å². The zero-order valence-electron chi connectivity index (χ0n) is 9.60. The minimum atomic E-state index is -0.192. The lowest BCUT2D eigenvalue weighted by atomic mass is 9.93. The van der Waals surface area contributed by atoms with Gasteiger partial charge in [0.05, 0.1) is 0 Å². The van der Waals surface area contributed by atoms with Crippen LogP contribution < -0.4 is 5.73 Å². The van der Waals surface area contributed by atoms with Crippen molar-refractivity contribution in [3.63, 3.8) is 0 Å². The van der Waals surface area contributed by atoms with Crippen LogP contribution in [-0.2, 0) is 6.42 Å². The fraction of sp³-hybridized carbons (Fsp3) is 0.286. The van der Waals surface area contributed by atoms with Gasteiger partial charge in [0.2, 0.25) is 0 Å². The molecule has 1 unspecified atom stereocenters. The van der Waals surface area contributed by atoms with Crippen LogP contribution in [0.3, 0.4) is 0 Å². The summed E-state index contributed by atoms with van der Waals surface area (Å²) in [5.74, 6) is 0.123. The lowest BCUT2D eigenvalue weighted by Crippen LogP contribution is -2.13. The van der Waals surface area contributed by atoms with Crippen molar-refractivity contribution in [3.8, 4) is 0 Å². The van der Waals surface area contributed by atoms with Crippen LogP contribution in [0.5, 0.6) is 0 Å². The van der Waals surface area contributed by atoms with Crippen LogP contribution in [0.2, 0.25) is 0 Å². The number of hydrogen-bond donors (Lipinski definition) is 1. The van der Waals surface area contributed by atoms with Crippen LogP contribution in [0.4, 0.5) is 4.39 Å². The second kappa shape index (κ2) is 5.94. The summed E-state index contributed by atoms with van der Waals surface area (Å²) < 4.78 is 12.8. The maximum atomic E-state index is 12.8. The molecule has 2 rings (SSSR count). The molecule has 3 heteroatoms. The zero-order valence-corrected chi connectivity index (χ0v) is 10.4. The summed E-state index contributed by atoms with van der Waals surface area (Å²) >= 11 is 1.72. The molecule has 90 valence electrons. The minimum Gasteiger partial charge on any atom is -0.330 e. The summed E-state index contributed by atoms with van der Waals surface area (Å²) in [7, 11) is 0. The summed E-state index contributed by atoms with van der Waals surface area (Å²) in [4.78, 5) is 0. The number of rotatable bonds is 5. The first-order chi connectivity index (χ1) is 8.29. The van der Waals surface area contributed by atoms with Crippen molar-refractivity contribution in [1.29, 1.82) is 0 Å². The highest BCUT2D eigenvalue weighted by molar-refractivity contribution is 7.07. The van der Waals surface area contributed by atoms with E-state index >= 15 is 0 Å². The Bertz CT molecular complexity index is 436. The third-order valence-electron chi connectivity index (χ3n) is 2.99. The van der Waals surface area contributed by atoms with Crippen LogP contribution >= 0.6 is 11.3 Å². The highest BCUT2D eigenvalue weighted by Crippen LogP contribution is 2.21. The Morgan fingerprint density at radius 2 is 1.94 bits per heavy atom. The maximum absolute atomic E-state index is 12.8. The zero-order chi connectivity index (χ0) is 12.1. The highest BCUT2D eigenvalue weighted by atomic mass is 32.1. The second-order valence-electron chi connectivity index (χ2n) is 4.15. The predicted octanol–water partition coefficient (Wildman–Crippen LogP) is 3.56. The fourth-order valence-corrected chi connectivity index (χ4v) is 2.63. The molecule has 1 heterocycles. The van der Waals surface area contributed by atoms with E-state index in [9.17, 15) is 4.39 Å². The van der Waals surface area contributed by atoms with Crippen LogP contribution in [0.15, 0.2) is 41.1 Å². The van der Waals surface area contributed by atoms with Crippen molar-refractivity contribution in [2.24, 2.45) is 5.73 Å². The summed E-state index contributed by atoms with van der Waals surface area (Å²) in [5.41, 5.74) is 8.28. The Hall–Kier alpha value is -1.19. The summed E-state index contributed by atoms with van der Waals surface area (Å²) in [5, 5.41) is 4.25. The van der Waals surface area contributed by atoms with E-state index in [1.165, 1.54) is 17.7 Å². The largest absolute Gasteiger partial charge is 0.330 e. The molecule has 0 saturated carbocycles. The van der Waals surface area contributed by atoms with E-state index in [4.69, 9.17) is 5.73 Å². The normalized spacial score (nSPS) is 12.6. The first kappa shape index (κ1) is 12.3.